The Labute approximate surface area is 191 Å². The number of benzene rings is 4. The second-order valence-corrected chi connectivity index (χ2v) is 7.69. The second kappa shape index (κ2) is 8.44. The number of hydrogen-bond acceptors (Lipinski definition) is 2. The van der Waals surface area contributed by atoms with Crippen molar-refractivity contribution in [2.24, 2.45) is 0 Å². The molecule has 4 rings (SSSR count). The van der Waals surface area contributed by atoms with Crippen molar-refractivity contribution in [1.29, 1.82) is 0 Å². The molecule has 0 aromatic heterocycles. The number of anilines is 2. The zero-order chi connectivity index (χ0) is 24.7. The molecule has 0 saturated heterocycles. The van der Waals surface area contributed by atoms with Gasteiger partial charge in [-0.25, -0.2) is 0 Å². The molecule has 2 nitrogen and oxygen atoms in total. The van der Waals surface area contributed by atoms with Gasteiger partial charge < -0.3 is 11.5 Å². The lowest BCUT2D eigenvalue weighted by atomic mass is 9.91. The van der Waals surface area contributed by atoms with Crippen LogP contribution in [0.3, 0.4) is 0 Å². The Hall–Kier alpha value is -3.94. The quantitative estimate of drug-likeness (QED) is 0.235. The molecule has 4 aromatic rings. The summed E-state index contributed by atoms with van der Waals surface area (Å²) in [5.41, 5.74) is 11.7. The van der Waals surface area contributed by atoms with Crippen LogP contribution in [0.4, 0.5) is 37.7 Å². The third-order valence-electron chi connectivity index (χ3n) is 5.49. The van der Waals surface area contributed by atoms with Crippen LogP contribution < -0.4 is 11.5 Å². The van der Waals surface area contributed by atoms with Gasteiger partial charge in [0, 0.05) is 22.5 Å². The highest BCUT2D eigenvalue weighted by Crippen LogP contribution is 2.42. The van der Waals surface area contributed by atoms with Crippen molar-refractivity contribution in [3.05, 3.63) is 96.1 Å². The fourth-order valence-electron chi connectivity index (χ4n) is 3.87. The summed E-state index contributed by atoms with van der Waals surface area (Å²) >= 11 is 0. The largest absolute Gasteiger partial charge is 0.417 e. The van der Waals surface area contributed by atoms with E-state index in [9.17, 15) is 26.3 Å². The maximum atomic E-state index is 13.6. The fraction of sp³-hybridized carbons (Fsp3) is 0.0769. The molecule has 0 amide bonds. The van der Waals surface area contributed by atoms with E-state index in [4.69, 9.17) is 11.5 Å². The van der Waals surface area contributed by atoms with Gasteiger partial charge in [-0.1, -0.05) is 48.5 Å². The Morgan fingerprint density at radius 1 is 0.441 bits per heavy atom. The molecule has 0 saturated carbocycles. The van der Waals surface area contributed by atoms with E-state index in [1.165, 1.54) is 60.7 Å². The topological polar surface area (TPSA) is 52.0 Å². The Bertz CT molecular complexity index is 1250. The SMILES string of the molecule is Nc1ccc(-c2ccc(N)c(-c3ccccc3C(F)(F)F)c2)cc1-c1ccccc1C(F)(F)F. The van der Waals surface area contributed by atoms with E-state index in [0.717, 1.165) is 12.1 Å². The van der Waals surface area contributed by atoms with Gasteiger partial charge in [-0.05, 0) is 58.7 Å². The first-order valence-electron chi connectivity index (χ1n) is 10.1. The number of rotatable bonds is 3. The van der Waals surface area contributed by atoms with Gasteiger partial charge in [-0.3, -0.25) is 0 Å². The summed E-state index contributed by atoms with van der Waals surface area (Å²) in [6, 6.07) is 19.2. The Balaban J connectivity index is 1.87. The summed E-state index contributed by atoms with van der Waals surface area (Å²) in [6.45, 7) is 0. The minimum absolute atomic E-state index is 0.0903. The first-order valence-corrected chi connectivity index (χ1v) is 10.1. The Morgan fingerprint density at radius 3 is 1.15 bits per heavy atom. The standard InChI is InChI=1S/C26H18F6N2/c27-25(28,29)21-7-3-1-5-17(21)19-13-15(9-11-23(19)33)16-10-12-24(34)20(14-16)18-6-2-4-8-22(18)26(30,31)32/h1-14H,33-34H2. The molecule has 174 valence electrons. The highest BCUT2D eigenvalue weighted by molar-refractivity contribution is 5.87. The van der Waals surface area contributed by atoms with Crippen molar-refractivity contribution in [1.82, 2.24) is 0 Å². The van der Waals surface area contributed by atoms with Gasteiger partial charge in [0.25, 0.3) is 0 Å². The van der Waals surface area contributed by atoms with Crippen molar-refractivity contribution in [2.75, 3.05) is 11.5 Å². The lowest BCUT2D eigenvalue weighted by Gasteiger charge is -2.17. The molecule has 4 N–H and O–H groups in total. The van der Waals surface area contributed by atoms with Crippen LogP contribution >= 0.6 is 0 Å². The number of nitrogen functional groups attached to an aromatic ring is 2. The molecular weight excluding hydrogens is 454 g/mol. The molecule has 34 heavy (non-hydrogen) atoms. The van der Waals surface area contributed by atoms with Crippen LogP contribution in [0.15, 0.2) is 84.9 Å². The molecule has 0 aliphatic carbocycles. The molecule has 0 spiro atoms. The Kier molecular flexibility index (Phi) is 5.77. The molecule has 0 atom stereocenters. The first-order chi connectivity index (χ1) is 16.0. The van der Waals surface area contributed by atoms with E-state index in [0.29, 0.717) is 11.1 Å². The van der Waals surface area contributed by atoms with Crippen LogP contribution in [0.2, 0.25) is 0 Å². The molecule has 0 aliphatic rings. The van der Waals surface area contributed by atoms with E-state index >= 15 is 0 Å². The molecule has 0 radical (unpaired) electrons. The summed E-state index contributed by atoms with van der Waals surface area (Å²) in [6.07, 6.45) is -9.18. The van der Waals surface area contributed by atoms with Crippen LogP contribution in [0, 0.1) is 0 Å². The van der Waals surface area contributed by atoms with Crippen LogP contribution in [0.5, 0.6) is 0 Å². The predicted octanol–water partition coefficient (Wildman–Crippen LogP) is 7.89. The number of nitrogens with two attached hydrogens (primary N) is 2. The van der Waals surface area contributed by atoms with Crippen molar-refractivity contribution < 1.29 is 26.3 Å². The van der Waals surface area contributed by atoms with Gasteiger partial charge in [0.15, 0.2) is 0 Å². The van der Waals surface area contributed by atoms with Crippen molar-refractivity contribution in [3.8, 4) is 33.4 Å². The van der Waals surface area contributed by atoms with Crippen molar-refractivity contribution in [3.63, 3.8) is 0 Å². The van der Waals surface area contributed by atoms with E-state index in [-0.39, 0.29) is 33.6 Å². The first kappa shape index (κ1) is 23.2. The van der Waals surface area contributed by atoms with Crippen LogP contribution in [0.1, 0.15) is 11.1 Å². The summed E-state index contributed by atoms with van der Waals surface area (Å²) in [7, 11) is 0. The normalized spacial score (nSPS) is 12.1. The maximum absolute atomic E-state index is 13.6. The number of halogens is 6. The number of alkyl halides is 6. The molecule has 0 fully saturated rings. The summed E-state index contributed by atoms with van der Waals surface area (Å²) in [5, 5.41) is 0. The van der Waals surface area contributed by atoms with E-state index < -0.39 is 23.5 Å². The molecule has 8 heteroatoms. The molecular formula is C26H18F6N2. The average molecular weight is 472 g/mol. The highest BCUT2D eigenvalue weighted by Gasteiger charge is 2.34. The lowest BCUT2D eigenvalue weighted by molar-refractivity contribution is -0.137. The average Bonchev–Trinajstić information content (AvgIpc) is 2.79. The lowest BCUT2D eigenvalue weighted by Crippen LogP contribution is -2.08. The smallest absolute Gasteiger partial charge is 0.398 e. The van der Waals surface area contributed by atoms with Gasteiger partial charge >= 0.3 is 12.4 Å². The molecule has 0 aliphatic heterocycles. The van der Waals surface area contributed by atoms with Gasteiger partial charge in [0.2, 0.25) is 0 Å². The summed E-state index contributed by atoms with van der Waals surface area (Å²) in [4.78, 5) is 0. The van der Waals surface area contributed by atoms with Crippen molar-refractivity contribution in [2.45, 2.75) is 12.4 Å². The minimum Gasteiger partial charge on any atom is -0.398 e. The summed E-state index contributed by atoms with van der Waals surface area (Å²) in [5.74, 6) is 0. The van der Waals surface area contributed by atoms with E-state index in [1.54, 1.807) is 12.1 Å². The van der Waals surface area contributed by atoms with Crippen LogP contribution in [-0.4, -0.2) is 0 Å². The van der Waals surface area contributed by atoms with Crippen LogP contribution in [0.25, 0.3) is 33.4 Å². The summed E-state index contributed by atoms with van der Waals surface area (Å²) < 4.78 is 81.4. The van der Waals surface area contributed by atoms with E-state index in [1.807, 2.05) is 0 Å². The van der Waals surface area contributed by atoms with Crippen LogP contribution in [-0.2, 0) is 12.4 Å². The molecule has 0 unspecified atom stereocenters. The monoisotopic (exact) mass is 472 g/mol. The van der Waals surface area contributed by atoms with Gasteiger partial charge in [-0.2, -0.15) is 26.3 Å². The zero-order valence-corrected chi connectivity index (χ0v) is 17.5. The fourth-order valence-corrected chi connectivity index (χ4v) is 3.87. The highest BCUT2D eigenvalue weighted by atomic mass is 19.4. The van der Waals surface area contributed by atoms with Crippen molar-refractivity contribution >= 4 is 11.4 Å². The minimum atomic E-state index is -4.59. The van der Waals surface area contributed by atoms with Gasteiger partial charge in [0.05, 0.1) is 11.1 Å². The molecule has 0 bridgehead atoms. The third-order valence-corrected chi connectivity index (χ3v) is 5.49. The maximum Gasteiger partial charge on any atom is 0.417 e. The molecule has 4 aromatic carbocycles. The van der Waals surface area contributed by atoms with E-state index in [2.05, 4.69) is 0 Å². The third kappa shape index (κ3) is 4.44. The van der Waals surface area contributed by atoms with Gasteiger partial charge in [0.1, 0.15) is 0 Å². The zero-order valence-electron chi connectivity index (χ0n) is 17.5. The van der Waals surface area contributed by atoms with Gasteiger partial charge in [-0.15, -0.1) is 0 Å². The Morgan fingerprint density at radius 2 is 0.794 bits per heavy atom. The molecule has 0 heterocycles. The number of hydrogen-bond donors (Lipinski definition) is 2. The predicted molar refractivity (Wildman–Crippen MR) is 122 cm³/mol. The second-order valence-electron chi connectivity index (χ2n) is 7.69.